The molecular formula is C20H16N2. The molecule has 0 saturated heterocycles. The standard InChI is InChI=1S/C20H16N2/c1-15-8-7-9-16(14-15)20-18-12-5-6-13-19(18)21-22(20)17-10-3-2-4-11-17/h2-14H,1H3. The van der Waals surface area contributed by atoms with Crippen LogP contribution in [0.25, 0.3) is 27.8 Å². The van der Waals surface area contributed by atoms with Gasteiger partial charge in [0.1, 0.15) is 0 Å². The van der Waals surface area contributed by atoms with E-state index >= 15 is 0 Å². The summed E-state index contributed by atoms with van der Waals surface area (Å²) < 4.78 is 2.04. The fourth-order valence-corrected chi connectivity index (χ4v) is 2.86. The summed E-state index contributed by atoms with van der Waals surface area (Å²) in [5.74, 6) is 0. The second-order valence-corrected chi connectivity index (χ2v) is 5.48. The summed E-state index contributed by atoms with van der Waals surface area (Å²) in [6.07, 6.45) is 0. The van der Waals surface area contributed by atoms with Gasteiger partial charge in [0.2, 0.25) is 0 Å². The average Bonchev–Trinajstić information content (AvgIpc) is 2.95. The van der Waals surface area contributed by atoms with Gasteiger partial charge in [0.15, 0.2) is 0 Å². The molecule has 2 nitrogen and oxygen atoms in total. The number of para-hydroxylation sites is 1. The molecule has 1 heterocycles. The van der Waals surface area contributed by atoms with E-state index in [0.29, 0.717) is 0 Å². The van der Waals surface area contributed by atoms with Gasteiger partial charge in [0, 0.05) is 10.9 Å². The number of aryl methyl sites for hydroxylation is 1. The van der Waals surface area contributed by atoms with Crippen molar-refractivity contribution < 1.29 is 0 Å². The minimum Gasteiger partial charge on any atom is -0.232 e. The maximum Gasteiger partial charge on any atom is 0.0934 e. The van der Waals surface area contributed by atoms with Gasteiger partial charge in [-0.15, -0.1) is 0 Å². The molecule has 0 radical (unpaired) electrons. The molecule has 0 bridgehead atoms. The molecule has 0 spiro atoms. The van der Waals surface area contributed by atoms with Crippen LogP contribution in [-0.2, 0) is 0 Å². The fourth-order valence-electron chi connectivity index (χ4n) is 2.86. The molecule has 0 saturated carbocycles. The lowest BCUT2D eigenvalue weighted by atomic mass is 10.1. The van der Waals surface area contributed by atoms with Gasteiger partial charge in [0.05, 0.1) is 16.9 Å². The smallest absolute Gasteiger partial charge is 0.0934 e. The Hall–Kier alpha value is -2.87. The summed E-state index contributed by atoms with van der Waals surface area (Å²) in [6, 6.07) is 27.2. The van der Waals surface area contributed by atoms with Crippen molar-refractivity contribution in [1.29, 1.82) is 0 Å². The van der Waals surface area contributed by atoms with Crippen LogP contribution in [0.2, 0.25) is 0 Å². The van der Waals surface area contributed by atoms with Crippen molar-refractivity contribution in [3.63, 3.8) is 0 Å². The molecule has 0 atom stereocenters. The van der Waals surface area contributed by atoms with E-state index in [2.05, 4.69) is 61.5 Å². The van der Waals surface area contributed by atoms with Crippen molar-refractivity contribution in [1.82, 2.24) is 9.78 Å². The number of aromatic nitrogens is 2. The predicted octanol–water partition coefficient (Wildman–Crippen LogP) is 5.00. The van der Waals surface area contributed by atoms with E-state index in [9.17, 15) is 0 Å². The van der Waals surface area contributed by atoms with Crippen LogP contribution in [0.4, 0.5) is 0 Å². The summed E-state index contributed by atoms with van der Waals surface area (Å²) in [6.45, 7) is 2.12. The topological polar surface area (TPSA) is 17.8 Å². The van der Waals surface area contributed by atoms with Gasteiger partial charge in [-0.3, -0.25) is 0 Å². The number of benzene rings is 3. The lowest BCUT2D eigenvalue weighted by molar-refractivity contribution is 0.904. The SMILES string of the molecule is Cc1cccc(-c2c3ccccc3nn2-c2ccccc2)c1. The third-order valence-electron chi connectivity index (χ3n) is 3.87. The molecule has 0 unspecified atom stereocenters. The largest absolute Gasteiger partial charge is 0.232 e. The molecular weight excluding hydrogens is 268 g/mol. The van der Waals surface area contributed by atoms with Crippen LogP contribution >= 0.6 is 0 Å². The quantitative estimate of drug-likeness (QED) is 0.506. The zero-order chi connectivity index (χ0) is 14.9. The number of hydrogen-bond acceptors (Lipinski definition) is 1. The number of rotatable bonds is 2. The van der Waals surface area contributed by atoms with E-state index in [-0.39, 0.29) is 0 Å². The van der Waals surface area contributed by atoms with E-state index in [0.717, 1.165) is 16.9 Å². The van der Waals surface area contributed by atoms with E-state index in [1.54, 1.807) is 0 Å². The van der Waals surface area contributed by atoms with Crippen LogP contribution in [0.5, 0.6) is 0 Å². The molecule has 4 aromatic rings. The first-order valence-electron chi connectivity index (χ1n) is 7.43. The van der Waals surface area contributed by atoms with Crippen LogP contribution in [0, 0.1) is 6.92 Å². The Morgan fingerprint density at radius 2 is 1.55 bits per heavy atom. The summed E-state index contributed by atoms with van der Waals surface area (Å²) in [7, 11) is 0. The van der Waals surface area contributed by atoms with Gasteiger partial charge in [0.25, 0.3) is 0 Å². The molecule has 0 aliphatic heterocycles. The molecule has 22 heavy (non-hydrogen) atoms. The minimum absolute atomic E-state index is 1.02. The highest BCUT2D eigenvalue weighted by molar-refractivity contribution is 5.94. The Labute approximate surface area is 129 Å². The van der Waals surface area contributed by atoms with Gasteiger partial charge >= 0.3 is 0 Å². The number of fused-ring (bicyclic) bond motifs is 1. The van der Waals surface area contributed by atoms with E-state index < -0.39 is 0 Å². The average molecular weight is 284 g/mol. The predicted molar refractivity (Wildman–Crippen MR) is 91.2 cm³/mol. The van der Waals surface area contributed by atoms with E-state index in [1.165, 1.54) is 16.5 Å². The first-order valence-corrected chi connectivity index (χ1v) is 7.43. The van der Waals surface area contributed by atoms with E-state index in [1.807, 2.05) is 28.9 Å². The van der Waals surface area contributed by atoms with Crippen LogP contribution in [0.1, 0.15) is 5.56 Å². The highest BCUT2D eigenvalue weighted by Gasteiger charge is 2.14. The third-order valence-corrected chi connectivity index (χ3v) is 3.87. The second-order valence-electron chi connectivity index (χ2n) is 5.48. The van der Waals surface area contributed by atoms with Crippen molar-refractivity contribution in [2.75, 3.05) is 0 Å². The molecule has 2 heteroatoms. The summed E-state index contributed by atoms with van der Waals surface area (Å²) in [5.41, 5.74) is 5.68. The molecule has 3 aromatic carbocycles. The van der Waals surface area contributed by atoms with Crippen molar-refractivity contribution in [2.24, 2.45) is 0 Å². The maximum atomic E-state index is 4.81. The highest BCUT2D eigenvalue weighted by atomic mass is 15.3. The third kappa shape index (κ3) is 2.09. The van der Waals surface area contributed by atoms with Crippen LogP contribution in [0.3, 0.4) is 0 Å². The molecule has 0 amide bonds. The first-order chi connectivity index (χ1) is 10.8. The Balaban J connectivity index is 2.07. The number of hydrogen-bond donors (Lipinski definition) is 0. The Kier molecular flexibility index (Phi) is 3.01. The minimum atomic E-state index is 1.02. The normalized spacial score (nSPS) is 11.0. The van der Waals surface area contributed by atoms with Crippen molar-refractivity contribution in [3.8, 4) is 16.9 Å². The zero-order valence-corrected chi connectivity index (χ0v) is 12.4. The lowest BCUT2D eigenvalue weighted by Gasteiger charge is -2.08. The molecule has 4 rings (SSSR count). The zero-order valence-electron chi connectivity index (χ0n) is 12.4. The van der Waals surface area contributed by atoms with Gasteiger partial charge in [-0.05, 0) is 31.2 Å². The summed E-state index contributed by atoms with van der Waals surface area (Å²) >= 11 is 0. The highest BCUT2D eigenvalue weighted by Crippen LogP contribution is 2.31. The molecule has 0 N–H and O–H groups in total. The molecule has 0 aliphatic rings. The van der Waals surface area contributed by atoms with Crippen molar-refractivity contribution in [2.45, 2.75) is 6.92 Å². The van der Waals surface area contributed by atoms with Crippen molar-refractivity contribution >= 4 is 10.9 Å². The Morgan fingerprint density at radius 3 is 2.36 bits per heavy atom. The fraction of sp³-hybridized carbons (Fsp3) is 0.0500. The Bertz CT molecular complexity index is 936. The Morgan fingerprint density at radius 1 is 0.773 bits per heavy atom. The van der Waals surface area contributed by atoms with Gasteiger partial charge in [-0.25, -0.2) is 4.68 Å². The molecule has 0 fully saturated rings. The van der Waals surface area contributed by atoms with Crippen LogP contribution < -0.4 is 0 Å². The lowest BCUT2D eigenvalue weighted by Crippen LogP contribution is -1.98. The molecule has 0 aliphatic carbocycles. The van der Waals surface area contributed by atoms with Crippen LogP contribution in [0.15, 0.2) is 78.9 Å². The molecule has 1 aromatic heterocycles. The van der Waals surface area contributed by atoms with Gasteiger partial charge < -0.3 is 0 Å². The van der Waals surface area contributed by atoms with Crippen molar-refractivity contribution in [3.05, 3.63) is 84.4 Å². The van der Waals surface area contributed by atoms with Crippen LogP contribution in [-0.4, -0.2) is 9.78 Å². The summed E-state index contributed by atoms with van der Waals surface area (Å²) in [4.78, 5) is 0. The number of nitrogens with zero attached hydrogens (tertiary/aromatic N) is 2. The maximum absolute atomic E-state index is 4.81. The van der Waals surface area contributed by atoms with E-state index in [4.69, 9.17) is 5.10 Å². The summed E-state index contributed by atoms with van der Waals surface area (Å²) in [5, 5.41) is 5.98. The molecule has 106 valence electrons. The van der Waals surface area contributed by atoms with Gasteiger partial charge in [-0.1, -0.05) is 60.2 Å². The second kappa shape index (κ2) is 5.15. The van der Waals surface area contributed by atoms with Gasteiger partial charge in [-0.2, -0.15) is 5.10 Å². The first kappa shape index (κ1) is 12.8. The monoisotopic (exact) mass is 284 g/mol.